The molecule has 2 amide bonds. The summed E-state index contributed by atoms with van der Waals surface area (Å²) in [6.45, 7) is 5.37. The normalized spacial score (nSPS) is 15.8. The molecular formula is C19H24N4O. The number of benzene rings is 1. The minimum atomic E-state index is -0.0581. The fourth-order valence-corrected chi connectivity index (χ4v) is 3.18. The molecule has 0 spiro atoms. The number of nitrogens with one attached hydrogen (secondary N) is 1. The second-order valence-electron chi connectivity index (χ2n) is 6.32. The van der Waals surface area contributed by atoms with Crippen molar-refractivity contribution in [2.45, 2.75) is 26.3 Å². The number of aryl methyl sites for hydroxylation is 2. The lowest BCUT2D eigenvalue weighted by Gasteiger charge is -2.29. The Morgan fingerprint density at radius 1 is 1.29 bits per heavy atom. The molecule has 1 atom stereocenters. The summed E-state index contributed by atoms with van der Waals surface area (Å²) in [4.78, 5) is 14.5. The van der Waals surface area contributed by atoms with Crippen LogP contribution in [0, 0.1) is 6.92 Å². The zero-order valence-electron chi connectivity index (χ0n) is 14.5. The van der Waals surface area contributed by atoms with E-state index in [-0.39, 0.29) is 12.1 Å². The molecule has 1 aromatic heterocycles. The highest BCUT2D eigenvalue weighted by molar-refractivity contribution is 5.79. The van der Waals surface area contributed by atoms with Crippen LogP contribution >= 0.6 is 0 Å². The molecule has 2 heterocycles. The molecule has 0 saturated carbocycles. The van der Waals surface area contributed by atoms with Gasteiger partial charge in [0.1, 0.15) is 0 Å². The van der Waals surface area contributed by atoms with Crippen molar-refractivity contribution in [3.8, 4) is 0 Å². The summed E-state index contributed by atoms with van der Waals surface area (Å²) in [5.41, 5.74) is 4.41. The molecule has 2 aromatic rings. The number of rotatable bonds is 3. The Hall–Kier alpha value is -2.56. The molecule has 1 aliphatic heterocycles. The van der Waals surface area contributed by atoms with Gasteiger partial charge in [-0.3, -0.25) is 4.68 Å². The smallest absolute Gasteiger partial charge is 0.318 e. The van der Waals surface area contributed by atoms with E-state index >= 15 is 0 Å². The van der Waals surface area contributed by atoms with E-state index in [1.54, 1.807) is 4.68 Å². The van der Waals surface area contributed by atoms with Gasteiger partial charge < -0.3 is 10.2 Å². The lowest BCUT2D eigenvalue weighted by atomic mass is 10.0. The number of urea groups is 1. The van der Waals surface area contributed by atoms with E-state index in [1.165, 1.54) is 11.1 Å². The van der Waals surface area contributed by atoms with Gasteiger partial charge >= 0.3 is 6.03 Å². The predicted octanol–water partition coefficient (Wildman–Crippen LogP) is 3.29. The summed E-state index contributed by atoms with van der Waals surface area (Å²) in [7, 11) is 1.90. The Balaban J connectivity index is 1.65. The molecule has 0 saturated heterocycles. The van der Waals surface area contributed by atoms with Crippen LogP contribution in [0.3, 0.4) is 0 Å². The van der Waals surface area contributed by atoms with E-state index in [0.29, 0.717) is 6.54 Å². The molecule has 1 aliphatic rings. The molecule has 0 fully saturated rings. The zero-order chi connectivity index (χ0) is 17.1. The molecule has 0 bridgehead atoms. The quantitative estimate of drug-likeness (QED) is 0.942. The molecule has 5 heteroatoms. The van der Waals surface area contributed by atoms with Crippen LogP contribution in [0.2, 0.25) is 0 Å². The highest BCUT2D eigenvalue weighted by atomic mass is 16.2. The first-order valence-electron chi connectivity index (χ1n) is 8.34. The Morgan fingerprint density at radius 2 is 2.04 bits per heavy atom. The van der Waals surface area contributed by atoms with Crippen LogP contribution in [0.15, 0.2) is 42.6 Å². The first-order chi connectivity index (χ1) is 11.5. The molecule has 5 nitrogen and oxygen atoms in total. The maximum atomic E-state index is 12.6. The van der Waals surface area contributed by atoms with E-state index in [2.05, 4.69) is 28.6 Å². The van der Waals surface area contributed by atoms with Crippen LogP contribution in [0.5, 0.6) is 0 Å². The molecule has 3 rings (SSSR count). The summed E-state index contributed by atoms with van der Waals surface area (Å²) < 4.78 is 1.78. The van der Waals surface area contributed by atoms with Crippen molar-refractivity contribution in [2.24, 2.45) is 7.05 Å². The SMILES string of the molecule is Cc1nn(C)cc1[C@@H](C)NC(=O)N1CCC=C(c2ccccc2)C1. The van der Waals surface area contributed by atoms with Crippen molar-refractivity contribution in [1.29, 1.82) is 0 Å². The summed E-state index contributed by atoms with van der Waals surface area (Å²) in [5.74, 6) is 0. The van der Waals surface area contributed by atoms with Crippen molar-refractivity contribution < 1.29 is 4.79 Å². The highest BCUT2D eigenvalue weighted by Gasteiger charge is 2.21. The van der Waals surface area contributed by atoms with Crippen molar-refractivity contribution in [1.82, 2.24) is 20.0 Å². The van der Waals surface area contributed by atoms with Gasteiger partial charge in [-0.2, -0.15) is 5.10 Å². The van der Waals surface area contributed by atoms with Gasteiger partial charge in [0.2, 0.25) is 0 Å². The third-order valence-corrected chi connectivity index (χ3v) is 4.44. The van der Waals surface area contributed by atoms with Crippen molar-refractivity contribution in [3.05, 3.63) is 59.4 Å². The van der Waals surface area contributed by atoms with E-state index in [0.717, 1.165) is 24.2 Å². The molecule has 1 N–H and O–H groups in total. The van der Waals surface area contributed by atoms with Gasteiger partial charge in [-0.15, -0.1) is 0 Å². The summed E-state index contributed by atoms with van der Waals surface area (Å²) in [6.07, 6.45) is 5.08. The van der Waals surface area contributed by atoms with E-state index in [1.807, 2.05) is 50.2 Å². The average molecular weight is 324 g/mol. The molecule has 0 unspecified atom stereocenters. The Labute approximate surface area is 143 Å². The van der Waals surface area contributed by atoms with E-state index in [9.17, 15) is 4.79 Å². The van der Waals surface area contributed by atoms with Crippen LogP contribution < -0.4 is 5.32 Å². The first-order valence-corrected chi connectivity index (χ1v) is 8.34. The molecule has 0 aliphatic carbocycles. The third kappa shape index (κ3) is 3.50. The number of aromatic nitrogens is 2. The number of hydrogen-bond donors (Lipinski definition) is 1. The Morgan fingerprint density at radius 3 is 2.71 bits per heavy atom. The second-order valence-corrected chi connectivity index (χ2v) is 6.32. The predicted molar refractivity (Wildman–Crippen MR) is 95.5 cm³/mol. The Bertz CT molecular complexity index is 748. The molecular weight excluding hydrogens is 300 g/mol. The second kappa shape index (κ2) is 6.91. The highest BCUT2D eigenvalue weighted by Crippen LogP contribution is 2.21. The summed E-state index contributed by atoms with van der Waals surface area (Å²) >= 11 is 0. The number of hydrogen-bond acceptors (Lipinski definition) is 2. The van der Waals surface area contributed by atoms with E-state index in [4.69, 9.17) is 0 Å². The van der Waals surface area contributed by atoms with Crippen LogP contribution in [-0.4, -0.2) is 33.8 Å². The first kappa shape index (κ1) is 16.3. The number of carbonyl (C=O) groups excluding carboxylic acids is 1. The molecule has 1 aromatic carbocycles. The van der Waals surface area contributed by atoms with Gasteiger partial charge in [-0.1, -0.05) is 36.4 Å². The number of carbonyl (C=O) groups is 1. The van der Waals surface area contributed by atoms with Crippen LogP contribution in [0.1, 0.15) is 36.2 Å². The zero-order valence-corrected chi connectivity index (χ0v) is 14.5. The third-order valence-electron chi connectivity index (χ3n) is 4.44. The van der Waals surface area contributed by atoms with Crippen molar-refractivity contribution >= 4 is 11.6 Å². The fourth-order valence-electron chi connectivity index (χ4n) is 3.18. The van der Waals surface area contributed by atoms with E-state index < -0.39 is 0 Å². The lowest BCUT2D eigenvalue weighted by molar-refractivity contribution is 0.200. The minimum absolute atomic E-state index is 0.0210. The minimum Gasteiger partial charge on any atom is -0.331 e. The topological polar surface area (TPSA) is 50.2 Å². The van der Waals surface area contributed by atoms with Gasteiger partial charge in [0, 0.05) is 31.9 Å². The van der Waals surface area contributed by atoms with Gasteiger partial charge in [0.25, 0.3) is 0 Å². The largest absolute Gasteiger partial charge is 0.331 e. The summed E-state index contributed by atoms with van der Waals surface area (Å²) in [5, 5.41) is 7.44. The average Bonchev–Trinajstić information content (AvgIpc) is 2.94. The Kier molecular flexibility index (Phi) is 4.69. The monoisotopic (exact) mass is 324 g/mol. The lowest BCUT2D eigenvalue weighted by Crippen LogP contribution is -2.43. The van der Waals surface area contributed by atoms with Gasteiger partial charge in [-0.05, 0) is 31.4 Å². The van der Waals surface area contributed by atoms with Crippen LogP contribution in [0.25, 0.3) is 5.57 Å². The van der Waals surface area contributed by atoms with Gasteiger partial charge in [0.15, 0.2) is 0 Å². The summed E-state index contributed by atoms with van der Waals surface area (Å²) in [6, 6.07) is 10.2. The van der Waals surface area contributed by atoms with Crippen LogP contribution in [0.4, 0.5) is 4.79 Å². The molecule has 126 valence electrons. The maximum absolute atomic E-state index is 12.6. The van der Waals surface area contributed by atoms with Crippen molar-refractivity contribution in [3.63, 3.8) is 0 Å². The number of nitrogens with zero attached hydrogens (tertiary/aromatic N) is 3. The fraction of sp³-hybridized carbons (Fsp3) is 0.368. The maximum Gasteiger partial charge on any atom is 0.318 e. The number of amides is 2. The standard InChI is InChI=1S/C19H24N4O/c1-14(18-13-22(3)21-15(18)2)20-19(24)23-11-7-10-17(12-23)16-8-5-4-6-9-16/h4-6,8-10,13-14H,7,11-12H2,1-3H3,(H,20,24)/t14-/m1/s1. The van der Waals surface area contributed by atoms with Crippen LogP contribution in [-0.2, 0) is 7.05 Å². The molecule has 0 radical (unpaired) electrons. The van der Waals surface area contributed by atoms with Crippen molar-refractivity contribution in [2.75, 3.05) is 13.1 Å². The van der Waals surface area contributed by atoms with Gasteiger partial charge in [0.05, 0.1) is 11.7 Å². The van der Waals surface area contributed by atoms with Gasteiger partial charge in [-0.25, -0.2) is 4.79 Å². The molecule has 24 heavy (non-hydrogen) atoms.